The van der Waals surface area contributed by atoms with Crippen LogP contribution in [0.2, 0.25) is 0 Å². The van der Waals surface area contributed by atoms with Gasteiger partial charge in [-0.2, -0.15) is 0 Å². The van der Waals surface area contributed by atoms with Gasteiger partial charge in [0.2, 0.25) is 0 Å². The largest absolute Gasteiger partial charge is 0.341 e. The molecule has 0 aliphatic carbocycles. The van der Waals surface area contributed by atoms with Crippen LogP contribution in [0.25, 0.3) is 0 Å². The number of rotatable bonds is 2. The van der Waals surface area contributed by atoms with Crippen LogP contribution in [0.1, 0.15) is 12.0 Å². The van der Waals surface area contributed by atoms with Gasteiger partial charge in [0.05, 0.1) is 17.1 Å². The van der Waals surface area contributed by atoms with E-state index >= 15 is 0 Å². The molecule has 0 saturated heterocycles. The van der Waals surface area contributed by atoms with Gasteiger partial charge in [0, 0.05) is 17.7 Å². The second kappa shape index (κ2) is 3.49. The second-order valence-electron chi connectivity index (χ2n) is 2.98. The Bertz CT molecular complexity index is 450. The number of carbonyl (C=O) groups is 1. The lowest BCUT2D eigenvalue weighted by atomic mass is 10.1. The molecule has 6 heteroatoms. The average molecular weight is 206 g/mol. The number of hydrogen-bond donors (Lipinski definition) is 0. The van der Waals surface area contributed by atoms with Gasteiger partial charge in [0.15, 0.2) is 0 Å². The molecule has 1 aromatic carbocycles. The normalized spacial score (nSPS) is 14.7. The molecule has 0 atom stereocenters. The number of oxime groups is 1. The Hall–Kier alpha value is -2.24. The summed E-state index contributed by atoms with van der Waals surface area (Å²) < 4.78 is 0. The molecule has 76 valence electrons. The molecule has 2 rings (SSSR count). The molecule has 0 unspecified atom stereocenters. The minimum atomic E-state index is -0.484. The lowest BCUT2D eigenvalue weighted by Gasteiger charge is -1.96. The zero-order chi connectivity index (χ0) is 10.8. The van der Waals surface area contributed by atoms with Gasteiger partial charge in [0.1, 0.15) is 0 Å². The van der Waals surface area contributed by atoms with Crippen molar-refractivity contribution < 1.29 is 14.6 Å². The second-order valence-corrected chi connectivity index (χ2v) is 2.98. The molecular formula is C9H6N2O4. The summed E-state index contributed by atoms with van der Waals surface area (Å²) in [5, 5.41) is 13.9. The molecule has 0 spiro atoms. The lowest BCUT2D eigenvalue weighted by molar-refractivity contribution is -0.384. The Kier molecular flexibility index (Phi) is 2.17. The van der Waals surface area contributed by atoms with E-state index in [2.05, 4.69) is 9.99 Å². The molecule has 0 bridgehead atoms. The summed E-state index contributed by atoms with van der Waals surface area (Å²) in [5.74, 6) is -0.414. The number of carbonyl (C=O) groups excluding carboxylic acids is 1. The van der Waals surface area contributed by atoms with Crippen molar-refractivity contribution in [3.05, 3.63) is 39.9 Å². The van der Waals surface area contributed by atoms with Crippen molar-refractivity contribution in [1.29, 1.82) is 0 Å². The van der Waals surface area contributed by atoms with Crippen molar-refractivity contribution >= 4 is 17.4 Å². The smallest absolute Gasteiger partial charge is 0.318 e. The van der Waals surface area contributed by atoms with Gasteiger partial charge in [-0.1, -0.05) is 5.16 Å². The summed E-state index contributed by atoms with van der Waals surface area (Å²) in [4.78, 5) is 25.1. The fraction of sp³-hybridized carbons (Fsp3) is 0.111. The molecule has 1 heterocycles. The van der Waals surface area contributed by atoms with Gasteiger partial charge in [-0.3, -0.25) is 10.1 Å². The van der Waals surface area contributed by atoms with Crippen LogP contribution in [0.3, 0.4) is 0 Å². The first-order valence-electron chi connectivity index (χ1n) is 4.18. The van der Waals surface area contributed by atoms with Gasteiger partial charge in [-0.15, -0.1) is 0 Å². The highest BCUT2D eigenvalue weighted by Gasteiger charge is 2.19. The molecule has 0 amide bonds. The maximum Gasteiger partial charge on any atom is 0.341 e. The minimum absolute atomic E-state index is 0.00425. The van der Waals surface area contributed by atoms with Crippen LogP contribution in [0.4, 0.5) is 5.69 Å². The lowest BCUT2D eigenvalue weighted by Crippen LogP contribution is -2.00. The van der Waals surface area contributed by atoms with Crippen molar-refractivity contribution in [2.75, 3.05) is 0 Å². The molecule has 1 aliphatic rings. The zero-order valence-corrected chi connectivity index (χ0v) is 7.54. The fourth-order valence-electron chi connectivity index (χ4n) is 1.24. The number of nitrogens with zero attached hydrogens (tertiary/aromatic N) is 2. The Labute approximate surface area is 84.3 Å². The average Bonchev–Trinajstić information content (AvgIpc) is 2.65. The Morgan fingerprint density at radius 2 is 2.00 bits per heavy atom. The van der Waals surface area contributed by atoms with Crippen molar-refractivity contribution in [3.63, 3.8) is 0 Å². The van der Waals surface area contributed by atoms with Crippen molar-refractivity contribution in [3.8, 4) is 0 Å². The van der Waals surface area contributed by atoms with Crippen LogP contribution in [0, 0.1) is 10.1 Å². The van der Waals surface area contributed by atoms with E-state index in [0.29, 0.717) is 11.3 Å². The van der Waals surface area contributed by atoms with E-state index in [-0.39, 0.29) is 12.1 Å². The Morgan fingerprint density at radius 1 is 1.33 bits per heavy atom. The summed E-state index contributed by atoms with van der Waals surface area (Å²) >= 11 is 0. The van der Waals surface area contributed by atoms with Crippen LogP contribution in [0.5, 0.6) is 0 Å². The van der Waals surface area contributed by atoms with E-state index in [1.807, 2.05) is 0 Å². The van der Waals surface area contributed by atoms with Crippen LogP contribution in [0.15, 0.2) is 29.4 Å². The molecule has 6 nitrogen and oxygen atoms in total. The van der Waals surface area contributed by atoms with E-state index in [1.165, 1.54) is 12.1 Å². The summed E-state index contributed by atoms with van der Waals surface area (Å²) in [6, 6.07) is 5.80. The number of nitro groups is 1. The van der Waals surface area contributed by atoms with Crippen molar-refractivity contribution in [2.45, 2.75) is 6.42 Å². The van der Waals surface area contributed by atoms with E-state index in [0.717, 1.165) is 0 Å². The minimum Gasteiger partial charge on any atom is -0.318 e. The molecule has 1 aliphatic heterocycles. The van der Waals surface area contributed by atoms with E-state index in [9.17, 15) is 14.9 Å². The molecule has 0 aromatic heterocycles. The first kappa shape index (κ1) is 9.32. The zero-order valence-electron chi connectivity index (χ0n) is 7.54. The molecular weight excluding hydrogens is 200 g/mol. The summed E-state index contributed by atoms with van der Waals surface area (Å²) in [6.45, 7) is 0. The van der Waals surface area contributed by atoms with Gasteiger partial charge < -0.3 is 4.84 Å². The van der Waals surface area contributed by atoms with Crippen molar-refractivity contribution in [2.24, 2.45) is 5.16 Å². The Balaban J connectivity index is 2.24. The third-order valence-electron chi connectivity index (χ3n) is 1.98. The predicted octanol–water partition coefficient (Wildman–Crippen LogP) is 1.25. The third-order valence-corrected chi connectivity index (χ3v) is 1.98. The molecule has 0 N–H and O–H groups in total. The quantitative estimate of drug-likeness (QED) is 0.414. The van der Waals surface area contributed by atoms with Crippen LogP contribution < -0.4 is 0 Å². The van der Waals surface area contributed by atoms with Crippen LogP contribution >= 0.6 is 0 Å². The SMILES string of the molecule is O=C1CC(c2ccc([N+](=O)[O-])cc2)=NO1. The number of hydrogen-bond acceptors (Lipinski definition) is 5. The molecule has 15 heavy (non-hydrogen) atoms. The van der Waals surface area contributed by atoms with E-state index in [1.54, 1.807) is 12.1 Å². The van der Waals surface area contributed by atoms with Crippen molar-refractivity contribution in [1.82, 2.24) is 0 Å². The van der Waals surface area contributed by atoms with Gasteiger partial charge >= 0.3 is 5.97 Å². The third kappa shape index (κ3) is 1.83. The monoisotopic (exact) mass is 206 g/mol. The predicted molar refractivity (Wildman–Crippen MR) is 50.3 cm³/mol. The highest BCUT2D eigenvalue weighted by molar-refractivity contribution is 6.11. The maximum atomic E-state index is 10.8. The summed E-state index contributed by atoms with van der Waals surface area (Å²) in [5.41, 5.74) is 1.16. The van der Waals surface area contributed by atoms with Gasteiger partial charge in [0.25, 0.3) is 5.69 Å². The molecule has 0 radical (unpaired) electrons. The number of benzene rings is 1. The van der Waals surface area contributed by atoms with Crippen LogP contribution in [-0.2, 0) is 9.63 Å². The molecule has 1 aromatic rings. The summed E-state index contributed by atoms with van der Waals surface area (Å²) in [6.07, 6.45) is 0.109. The standard InChI is InChI=1S/C9H6N2O4/c12-9-5-8(10-15-9)6-1-3-7(4-2-6)11(13)14/h1-4H,5H2. The fourth-order valence-corrected chi connectivity index (χ4v) is 1.24. The maximum absolute atomic E-state index is 10.8. The Morgan fingerprint density at radius 3 is 2.47 bits per heavy atom. The molecule has 0 saturated carbocycles. The molecule has 0 fully saturated rings. The summed E-state index contributed by atoms with van der Waals surface area (Å²) in [7, 11) is 0. The van der Waals surface area contributed by atoms with Crippen LogP contribution in [-0.4, -0.2) is 16.6 Å². The van der Waals surface area contributed by atoms with Gasteiger partial charge in [-0.05, 0) is 12.1 Å². The highest BCUT2D eigenvalue weighted by Crippen LogP contribution is 2.16. The number of nitro benzene ring substituents is 1. The van der Waals surface area contributed by atoms with E-state index in [4.69, 9.17) is 0 Å². The van der Waals surface area contributed by atoms with E-state index < -0.39 is 10.9 Å². The number of non-ortho nitro benzene ring substituents is 1. The topological polar surface area (TPSA) is 81.8 Å². The van der Waals surface area contributed by atoms with Gasteiger partial charge in [-0.25, -0.2) is 4.79 Å². The highest BCUT2D eigenvalue weighted by atomic mass is 16.7. The first-order chi connectivity index (χ1) is 7.16. The first-order valence-corrected chi connectivity index (χ1v) is 4.18.